The van der Waals surface area contributed by atoms with Crippen LogP contribution in [0.4, 0.5) is 0 Å². The Morgan fingerprint density at radius 1 is 1.25 bits per heavy atom. The number of carbonyl (C=O) groups is 1. The summed E-state index contributed by atoms with van der Waals surface area (Å²) in [6, 6.07) is 13.9. The molecule has 0 fully saturated rings. The minimum Gasteiger partial charge on any atom is -0.423 e. The maximum Gasteiger partial charge on any atom is 0.344 e. The average Bonchev–Trinajstić information content (AvgIpc) is 2.99. The van der Waals surface area contributed by atoms with E-state index in [1.54, 1.807) is 43.3 Å². The fourth-order valence-electron chi connectivity index (χ4n) is 2.00. The van der Waals surface area contributed by atoms with Gasteiger partial charge in [-0.15, -0.1) is 11.8 Å². The van der Waals surface area contributed by atoms with Crippen LogP contribution < -0.4 is 4.74 Å². The van der Waals surface area contributed by atoms with E-state index in [2.05, 4.69) is 10.1 Å². The van der Waals surface area contributed by atoms with Crippen LogP contribution in [0.15, 0.2) is 57.9 Å². The fourth-order valence-corrected chi connectivity index (χ4v) is 3.06. The SMILES string of the molecule is Cc1nc(CSc2ccccc2C(=O)Oc2cccc(Cl)c2)no1. The van der Waals surface area contributed by atoms with Gasteiger partial charge in [0, 0.05) is 16.8 Å². The number of thioether (sulfide) groups is 1. The smallest absolute Gasteiger partial charge is 0.344 e. The normalized spacial score (nSPS) is 10.6. The summed E-state index contributed by atoms with van der Waals surface area (Å²) >= 11 is 7.35. The Morgan fingerprint density at radius 2 is 2.08 bits per heavy atom. The predicted molar refractivity (Wildman–Crippen MR) is 91.4 cm³/mol. The van der Waals surface area contributed by atoms with Crippen molar-refractivity contribution < 1.29 is 14.1 Å². The van der Waals surface area contributed by atoms with E-state index in [9.17, 15) is 4.79 Å². The Bertz CT molecular complexity index is 866. The Morgan fingerprint density at radius 3 is 2.83 bits per heavy atom. The number of nitrogens with zero attached hydrogens (tertiary/aromatic N) is 2. The van der Waals surface area contributed by atoms with E-state index in [1.165, 1.54) is 11.8 Å². The van der Waals surface area contributed by atoms with Crippen LogP contribution in [0, 0.1) is 6.92 Å². The summed E-state index contributed by atoms with van der Waals surface area (Å²) in [4.78, 5) is 17.4. The molecule has 0 saturated heterocycles. The molecule has 0 radical (unpaired) electrons. The lowest BCUT2D eigenvalue weighted by Crippen LogP contribution is -2.09. The van der Waals surface area contributed by atoms with Gasteiger partial charge in [0.2, 0.25) is 5.89 Å². The highest BCUT2D eigenvalue weighted by Gasteiger charge is 2.15. The van der Waals surface area contributed by atoms with Crippen LogP contribution in [0.3, 0.4) is 0 Å². The van der Waals surface area contributed by atoms with Gasteiger partial charge in [-0.25, -0.2) is 4.79 Å². The van der Waals surface area contributed by atoms with Gasteiger partial charge in [0.15, 0.2) is 5.82 Å². The summed E-state index contributed by atoms with van der Waals surface area (Å²) in [7, 11) is 0. The van der Waals surface area contributed by atoms with Gasteiger partial charge in [-0.1, -0.05) is 35.0 Å². The number of aryl methyl sites for hydroxylation is 1. The first-order valence-electron chi connectivity index (χ1n) is 7.10. The molecule has 0 aliphatic heterocycles. The topological polar surface area (TPSA) is 65.2 Å². The van der Waals surface area contributed by atoms with Crippen LogP contribution in [-0.2, 0) is 5.75 Å². The van der Waals surface area contributed by atoms with Crippen molar-refractivity contribution in [1.29, 1.82) is 0 Å². The molecule has 24 heavy (non-hydrogen) atoms. The highest BCUT2D eigenvalue weighted by Crippen LogP contribution is 2.27. The zero-order valence-electron chi connectivity index (χ0n) is 12.7. The van der Waals surface area contributed by atoms with Crippen LogP contribution in [0.25, 0.3) is 0 Å². The molecule has 2 aromatic carbocycles. The van der Waals surface area contributed by atoms with Gasteiger partial charge in [0.25, 0.3) is 0 Å². The number of hydrogen-bond donors (Lipinski definition) is 0. The third-order valence-electron chi connectivity index (χ3n) is 3.04. The lowest BCUT2D eigenvalue weighted by Gasteiger charge is -2.08. The monoisotopic (exact) mass is 360 g/mol. The predicted octanol–water partition coefficient (Wildman–Crippen LogP) is 4.54. The molecule has 0 atom stereocenters. The van der Waals surface area contributed by atoms with Crippen LogP contribution >= 0.6 is 23.4 Å². The molecular formula is C17H13ClN2O3S. The molecular weight excluding hydrogens is 348 g/mol. The number of ether oxygens (including phenoxy) is 1. The van der Waals surface area contributed by atoms with E-state index in [-0.39, 0.29) is 0 Å². The molecule has 0 spiro atoms. The van der Waals surface area contributed by atoms with Crippen molar-refractivity contribution in [2.24, 2.45) is 0 Å². The number of esters is 1. The molecule has 5 nitrogen and oxygen atoms in total. The van der Waals surface area contributed by atoms with E-state index >= 15 is 0 Å². The molecule has 0 bridgehead atoms. The molecule has 0 aliphatic carbocycles. The van der Waals surface area contributed by atoms with Crippen LogP contribution in [0.5, 0.6) is 5.75 Å². The number of hydrogen-bond acceptors (Lipinski definition) is 6. The summed E-state index contributed by atoms with van der Waals surface area (Å²) < 4.78 is 10.3. The quantitative estimate of drug-likeness (QED) is 0.378. The van der Waals surface area contributed by atoms with Gasteiger partial charge in [0.05, 0.1) is 11.3 Å². The van der Waals surface area contributed by atoms with E-state index in [1.807, 2.05) is 12.1 Å². The molecule has 0 aliphatic rings. The van der Waals surface area contributed by atoms with E-state index in [0.29, 0.717) is 33.8 Å². The summed E-state index contributed by atoms with van der Waals surface area (Å²) in [5.74, 6) is 1.55. The molecule has 0 N–H and O–H groups in total. The van der Waals surface area contributed by atoms with Crippen molar-refractivity contribution in [2.45, 2.75) is 17.6 Å². The van der Waals surface area contributed by atoms with Gasteiger partial charge in [-0.2, -0.15) is 4.98 Å². The van der Waals surface area contributed by atoms with Gasteiger partial charge >= 0.3 is 5.97 Å². The van der Waals surface area contributed by atoms with Crippen LogP contribution in [0.1, 0.15) is 22.1 Å². The van der Waals surface area contributed by atoms with Gasteiger partial charge in [-0.05, 0) is 30.3 Å². The number of halogens is 1. The van der Waals surface area contributed by atoms with Crippen molar-refractivity contribution in [3.63, 3.8) is 0 Å². The van der Waals surface area contributed by atoms with Crippen molar-refractivity contribution in [2.75, 3.05) is 0 Å². The third kappa shape index (κ3) is 4.15. The molecule has 3 rings (SSSR count). The zero-order chi connectivity index (χ0) is 16.9. The van der Waals surface area contributed by atoms with E-state index < -0.39 is 5.97 Å². The summed E-state index contributed by atoms with van der Waals surface area (Å²) in [5, 5.41) is 4.35. The van der Waals surface area contributed by atoms with E-state index in [4.69, 9.17) is 20.9 Å². The van der Waals surface area contributed by atoms with Crippen LogP contribution in [-0.4, -0.2) is 16.1 Å². The lowest BCUT2D eigenvalue weighted by molar-refractivity contribution is 0.0731. The number of rotatable bonds is 5. The molecule has 122 valence electrons. The largest absolute Gasteiger partial charge is 0.423 e. The minimum atomic E-state index is -0.440. The Hall–Kier alpha value is -2.31. The number of benzene rings is 2. The molecule has 0 saturated carbocycles. The van der Waals surface area contributed by atoms with Crippen LogP contribution in [0.2, 0.25) is 5.02 Å². The Kier molecular flexibility index (Phi) is 5.17. The number of carbonyl (C=O) groups excluding carboxylic acids is 1. The van der Waals surface area contributed by atoms with Crippen molar-refractivity contribution in [1.82, 2.24) is 10.1 Å². The Balaban J connectivity index is 1.74. The van der Waals surface area contributed by atoms with E-state index in [0.717, 1.165) is 4.90 Å². The average molecular weight is 361 g/mol. The zero-order valence-corrected chi connectivity index (χ0v) is 14.3. The second-order valence-corrected chi connectivity index (χ2v) is 6.31. The Labute approximate surface area is 148 Å². The second kappa shape index (κ2) is 7.51. The summed E-state index contributed by atoms with van der Waals surface area (Å²) in [6.07, 6.45) is 0. The van der Waals surface area contributed by atoms with Crippen molar-refractivity contribution in [3.8, 4) is 5.75 Å². The molecule has 1 aromatic heterocycles. The maximum absolute atomic E-state index is 12.4. The molecule has 7 heteroatoms. The van der Waals surface area contributed by atoms with Gasteiger partial charge in [-0.3, -0.25) is 0 Å². The molecule has 0 unspecified atom stereocenters. The summed E-state index contributed by atoms with van der Waals surface area (Å²) in [6.45, 7) is 1.73. The lowest BCUT2D eigenvalue weighted by atomic mass is 10.2. The maximum atomic E-state index is 12.4. The highest BCUT2D eigenvalue weighted by atomic mass is 35.5. The first kappa shape index (κ1) is 16.5. The molecule has 1 heterocycles. The van der Waals surface area contributed by atoms with Crippen molar-refractivity contribution in [3.05, 3.63) is 70.8 Å². The first-order valence-corrected chi connectivity index (χ1v) is 8.47. The fraction of sp³-hybridized carbons (Fsp3) is 0.118. The minimum absolute atomic E-state index is 0.404. The molecule has 3 aromatic rings. The van der Waals surface area contributed by atoms with Gasteiger partial charge < -0.3 is 9.26 Å². The van der Waals surface area contributed by atoms with Crippen molar-refractivity contribution >= 4 is 29.3 Å². The number of aromatic nitrogens is 2. The highest BCUT2D eigenvalue weighted by molar-refractivity contribution is 7.98. The first-order chi connectivity index (χ1) is 11.6. The third-order valence-corrected chi connectivity index (χ3v) is 4.34. The molecule has 0 amide bonds. The van der Waals surface area contributed by atoms with Gasteiger partial charge in [0.1, 0.15) is 5.75 Å². The standard InChI is InChI=1S/C17H13ClN2O3S/c1-11-19-16(20-23-11)10-24-15-8-3-2-7-14(15)17(21)22-13-6-4-5-12(18)9-13/h2-9H,10H2,1H3. The summed E-state index contributed by atoms with van der Waals surface area (Å²) in [5.41, 5.74) is 0.475. The second-order valence-electron chi connectivity index (χ2n) is 4.86.